The van der Waals surface area contributed by atoms with Crippen molar-refractivity contribution in [3.8, 4) is 0 Å². The van der Waals surface area contributed by atoms with Gasteiger partial charge in [-0.2, -0.15) is 0 Å². The molecule has 4 aromatic rings. The monoisotopic (exact) mass is 898 g/mol. The summed E-state index contributed by atoms with van der Waals surface area (Å²) in [5.41, 5.74) is 3.95. The summed E-state index contributed by atoms with van der Waals surface area (Å²) >= 11 is 3.12. The van der Waals surface area contributed by atoms with Gasteiger partial charge >= 0.3 is 59.8 Å². The summed E-state index contributed by atoms with van der Waals surface area (Å²) in [6.45, 7) is 17.4. The van der Waals surface area contributed by atoms with E-state index >= 15 is 0 Å². The normalized spacial score (nSPS) is 11.7. The molecule has 0 aliphatic heterocycles. The van der Waals surface area contributed by atoms with Gasteiger partial charge in [-0.15, -0.1) is 9.36 Å². The number of azo groups is 2. The summed E-state index contributed by atoms with van der Waals surface area (Å²) in [6, 6.07) is 17.6. The van der Waals surface area contributed by atoms with Gasteiger partial charge in [0.05, 0.1) is 10.2 Å². The summed E-state index contributed by atoms with van der Waals surface area (Å²) in [5, 5.41) is 30.1. The Morgan fingerprint density at radius 1 is 0.528 bits per heavy atom. The quantitative estimate of drug-likeness (QED) is 0.0798. The van der Waals surface area contributed by atoms with Crippen LogP contribution in [0.5, 0.6) is 0 Å². The molecule has 0 aliphatic rings. The van der Waals surface area contributed by atoms with Gasteiger partial charge in [-0.05, 0) is 137 Å². The zero-order chi connectivity index (χ0) is 40.2. The van der Waals surface area contributed by atoms with Crippen molar-refractivity contribution in [3.63, 3.8) is 0 Å². The molecule has 2 aromatic carbocycles. The molecule has 2 aromatic heterocycles. The molecule has 0 saturated carbocycles. The van der Waals surface area contributed by atoms with Crippen molar-refractivity contribution in [1.82, 2.24) is 10.2 Å². The van der Waals surface area contributed by atoms with Crippen molar-refractivity contribution in [3.05, 3.63) is 48.5 Å². The van der Waals surface area contributed by atoms with Crippen molar-refractivity contribution in [2.24, 2.45) is 34.6 Å². The molecule has 4 rings (SSSR count). The van der Waals surface area contributed by atoms with Crippen molar-refractivity contribution < 1.29 is 20.2 Å². The first-order valence-electron chi connectivity index (χ1n) is 17.3. The molecule has 0 radical (unpaired) electrons. The van der Waals surface area contributed by atoms with E-state index in [1.165, 1.54) is 0 Å². The SMILES string of the molecule is CC(C)N(c1n[n+](C)c(N=Nc2ccc(N(C)C)cc2)s1)C(C)C.CC(C)N(c1n[n+](C)c(N=Nc2ccc(N(C)C)cc2)s1)C(C)C.[Cl][Zn-2]([Cl])([Cl])[Cl]. The molecule has 0 bridgehead atoms. The summed E-state index contributed by atoms with van der Waals surface area (Å²) < 4.78 is 3.57. The molecule has 292 valence electrons. The van der Waals surface area contributed by atoms with E-state index in [-0.39, 0.29) is 0 Å². The van der Waals surface area contributed by atoms with E-state index < -0.39 is 10.8 Å². The van der Waals surface area contributed by atoms with E-state index in [1.807, 2.05) is 90.8 Å². The van der Waals surface area contributed by atoms with E-state index in [4.69, 9.17) is 38.8 Å². The molecule has 53 heavy (non-hydrogen) atoms. The molecule has 0 amide bonds. The topological polar surface area (TPSA) is 95.9 Å². The number of rotatable bonds is 12. The molecule has 19 heteroatoms. The van der Waals surface area contributed by atoms with Crippen LogP contribution in [0.15, 0.2) is 69.0 Å². The second kappa shape index (κ2) is 21.7. The van der Waals surface area contributed by atoms with Gasteiger partial charge in [-0.3, -0.25) is 0 Å². The molecule has 0 atom stereocenters. The Labute approximate surface area is 343 Å². The molecule has 0 spiro atoms. The number of anilines is 4. The van der Waals surface area contributed by atoms with Gasteiger partial charge < -0.3 is 19.6 Å². The summed E-state index contributed by atoms with van der Waals surface area (Å²) in [7, 11) is 28.7. The van der Waals surface area contributed by atoms with Crippen LogP contribution < -0.4 is 29.0 Å². The van der Waals surface area contributed by atoms with Crippen LogP contribution in [-0.2, 0) is 24.9 Å². The fourth-order valence-corrected chi connectivity index (χ4v) is 7.19. The van der Waals surface area contributed by atoms with E-state index in [2.05, 4.69) is 106 Å². The van der Waals surface area contributed by atoms with Gasteiger partial charge in [0.25, 0.3) is 0 Å². The van der Waals surface area contributed by atoms with Gasteiger partial charge in [0.2, 0.25) is 10.3 Å². The molecule has 2 heterocycles. The van der Waals surface area contributed by atoms with E-state index in [0.29, 0.717) is 24.2 Å². The van der Waals surface area contributed by atoms with Gasteiger partial charge in [0.15, 0.2) is 0 Å². The van der Waals surface area contributed by atoms with Crippen LogP contribution in [-0.4, -0.2) is 62.6 Å². The standard InChI is InChI=1S/2C17H27N6S.4ClH.Zn/c2*1-12(2)23(13(3)4)17-20-22(7)16(24-17)19-18-14-8-10-15(11-9-14)21(5)6;;;;;/h2*8-13H,1-7H3;4*1H;/q2*+1;;;;;+2/p-4. The number of nitrogens with zero attached hydrogens (tertiary/aromatic N) is 12. The van der Waals surface area contributed by atoms with Gasteiger partial charge in [0, 0.05) is 63.7 Å². The van der Waals surface area contributed by atoms with Crippen LogP contribution in [0.25, 0.3) is 0 Å². The van der Waals surface area contributed by atoms with Gasteiger partial charge in [0.1, 0.15) is 25.5 Å². The Balaban J connectivity index is 0.000000325. The predicted molar refractivity (Wildman–Crippen MR) is 225 cm³/mol. The second-order valence-electron chi connectivity index (χ2n) is 13.6. The summed E-state index contributed by atoms with van der Waals surface area (Å²) in [4.78, 5) is 8.69. The number of benzene rings is 2. The molecule has 0 aliphatic carbocycles. The zero-order valence-corrected chi connectivity index (χ0v) is 41.0. The predicted octanol–water partition coefficient (Wildman–Crippen LogP) is 10.9. The van der Waals surface area contributed by atoms with Gasteiger partial charge in [-0.1, -0.05) is 10.2 Å². The second-order valence-corrected chi connectivity index (χ2v) is 43.2. The van der Waals surface area contributed by atoms with E-state index in [1.54, 1.807) is 32.0 Å². The van der Waals surface area contributed by atoms with Crippen LogP contribution in [0.4, 0.5) is 43.3 Å². The van der Waals surface area contributed by atoms with Crippen molar-refractivity contribution in [1.29, 1.82) is 0 Å². The number of hydrogen-bond acceptors (Lipinski definition) is 12. The molecular weight excluding hydrogens is 848 g/mol. The minimum atomic E-state index is -3.36. The third-order valence-corrected chi connectivity index (χ3v) is 9.30. The number of hydrogen-bond donors (Lipinski definition) is 0. The Kier molecular flexibility index (Phi) is 19.2. The average molecular weight is 902 g/mol. The molecule has 0 fully saturated rings. The number of aryl methyl sites for hydroxylation is 2. The molecular formula is C34H54Cl4N12S2Zn. The fraction of sp³-hybridized carbons (Fsp3) is 0.529. The van der Waals surface area contributed by atoms with Crippen LogP contribution in [0.3, 0.4) is 0 Å². The molecule has 0 N–H and O–H groups in total. The van der Waals surface area contributed by atoms with Crippen LogP contribution >= 0.6 is 61.4 Å². The molecule has 12 nitrogen and oxygen atoms in total. The third-order valence-electron chi connectivity index (χ3n) is 7.29. The fourth-order valence-electron chi connectivity index (χ4n) is 4.97. The van der Waals surface area contributed by atoms with Crippen molar-refractivity contribution >= 4 is 105 Å². The van der Waals surface area contributed by atoms with E-state index in [9.17, 15) is 0 Å². The summed E-state index contributed by atoms with van der Waals surface area (Å²) in [6.07, 6.45) is 0. The first-order chi connectivity index (χ1) is 24.6. The van der Waals surface area contributed by atoms with Gasteiger partial charge in [-0.25, -0.2) is 0 Å². The average Bonchev–Trinajstić information content (AvgIpc) is 3.58. The number of halogens is 4. The first-order valence-corrected chi connectivity index (χ1v) is 34.6. The maximum atomic E-state index is 5.05. The minimum absolute atomic E-state index is 0.388. The maximum absolute atomic E-state index is 5.05. The van der Waals surface area contributed by atoms with Crippen molar-refractivity contribution in [2.75, 3.05) is 47.8 Å². The third kappa shape index (κ3) is 16.2. The summed E-state index contributed by atoms with van der Waals surface area (Å²) in [5.74, 6) is 0. The van der Waals surface area contributed by atoms with E-state index in [0.717, 1.165) is 43.3 Å². The van der Waals surface area contributed by atoms with Crippen LogP contribution in [0.1, 0.15) is 55.4 Å². The molecule has 0 saturated heterocycles. The Hall–Kier alpha value is -2.26. The zero-order valence-electron chi connectivity index (χ0n) is 33.3. The Bertz CT molecular complexity index is 1590. The Morgan fingerprint density at radius 2 is 0.792 bits per heavy atom. The number of aromatic nitrogens is 4. The van der Waals surface area contributed by atoms with Crippen LogP contribution in [0.2, 0.25) is 0 Å². The molecule has 0 unspecified atom stereocenters. The Morgan fingerprint density at radius 3 is 1.02 bits per heavy atom. The van der Waals surface area contributed by atoms with Crippen molar-refractivity contribution in [2.45, 2.75) is 79.6 Å². The van der Waals surface area contributed by atoms with Crippen LogP contribution in [0, 0.1) is 0 Å². The first kappa shape index (κ1) is 46.9.